The number of halogens is 3. The lowest BCUT2D eigenvalue weighted by molar-refractivity contribution is -0.968. The van der Waals surface area contributed by atoms with Gasteiger partial charge in [-0.3, -0.25) is 0 Å². The minimum Gasteiger partial charge on any atom is -0.465 e. The van der Waals surface area contributed by atoms with Crippen molar-refractivity contribution in [3.63, 3.8) is 0 Å². The topological polar surface area (TPSA) is 57.7 Å². The first kappa shape index (κ1) is 30.8. The zero-order valence-electron chi connectivity index (χ0n) is 25.8. The van der Waals surface area contributed by atoms with Crippen molar-refractivity contribution in [2.45, 2.75) is 50.9 Å². The molecule has 0 radical (unpaired) electrons. The second-order valence-electron chi connectivity index (χ2n) is 12.7. The second kappa shape index (κ2) is 12.7. The Morgan fingerprint density at radius 1 is 1.02 bits per heavy atom. The number of anilines is 1. The molecule has 6 rings (SSSR count). The fourth-order valence-electron chi connectivity index (χ4n) is 7.59. The highest BCUT2D eigenvalue weighted by molar-refractivity contribution is 6.07. The lowest BCUT2D eigenvalue weighted by atomic mass is 9.90. The van der Waals surface area contributed by atoms with Crippen LogP contribution in [0.3, 0.4) is 0 Å². The molecular formula is C34H43F3N5O2+. The molecule has 0 aliphatic carbocycles. The molecule has 3 aromatic rings. The number of piperazine rings is 1. The van der Waals surface area contributed by atoms with E-state index < -0.39 is 17.7 Å². The largest absolute Gasteiger partial charge is 0.465 e. The van der Waals surface area contributed by atoms with Gasteiger partial charge in [0, 0.05) is 74.3 Å². The van der Waals surface area contributed by atoms with Gasteiger partial charge >= 0.3 is 12.1 Å². The molecule has 1 aromatic heterocycles. The monoisotopic (exact) mass is 610 g/mol. The van der Waals surface area contributed by atoms with E-state index in [1.807, 2.05) is 18.2 Å². The first-order valence-electron chi connectivity index (χ1n) is 15.9. The first-order chi connectivity index (χ1) is 21.2. The number of piperidine rings is 2. The van der Waals surface area contributed by atoms with Crippen LogP contribution in [0.5, 0.6) is 0 Å². The minimum atomic E-state index is -4.49. The molecule has 2 aromatic carbocycles. The predicted octanol–water partition coefficient (Wildman–Crippen LogP) is 5.71. The SMILES string of the molecule is COC(=O)c1c(C[N+]2(C3CCNCC3)CCCCC2)c(-c2cccc(C(F)(F)F)c2)nc2ccc(N3CCN(C)CC3)cc12. The van der Waals surface area contributed by atoms with E-state index in [-0.39, 0.29) is 0 Å². The van der Waals surface area contributed by atoms with Crippen LogP contribution in [0, 0.1) is 0 Å². The zero-order chi connectivity index (χ0) is 30.9. The van der Waals surface area contributed by atoms with Crippen molar-refractivity contribution in [3.05, 3.63) is 59.2 Å². The molecule has 0 spiro atoms. The third-order valence-electron chi connectivity index (χ3n) is 10.1. The van der Waals surface area contributed by atoms with Gasteiger partial charge in [-0.05, 0) is 56.6 Å². The molecule has 7 nitrogen and oxygen atoms in total. The Morgan fingerprint density at radius 2 is 1.75 bits per heavy atom. The molecule has 44 heavy (non-hydrogen) atoms. The zero-order valence-corrected chi connectivity index (χ0v) is 25.8. The second-order valence-corrected chi connectivity index (χ2v) is 12.7. The van der Waals surface area contributed by atoms with Crippen molar-refractivity contribution in [1.29, 1.82) is 0 Å². The summed E-state index contributed by atoms with van der Waals surface area (Å²) in [5.41, 5.74) is 2.78. The molecule has 0 amide bonds. The van der Waals surface area contributed by atoms with Crippen LogP contribution in [-0.4, -0.2) is 92.9 Å². The number of carbonyl (C=O) groups is 1. The van der Waals surface area contributed by atoms with Crippen molar-refractivity contribution in [2.75, 3.05) is 71.4 Å². The maximum absolute atomic E-state index is 13.9. The predicted molar refractivity (Wildman–Crippen MR) is 167 cm³/mol. The Labute approximate surface area is 257 Å². The number of likely N-dealkylation sites (N-methyl/N-ethyl adjacent to an activating group) is 1. The van der Waals surface area contributed by atoms with E-state index in [1.54, 1.807) is 6.07 Å². The maximum Gasteiger partial charge on any atom is 0.416 e. The number of quaternary nitrogens is 1. The number of rotatable bonds is 6. The average Bonchev–Trinajstić information content (AvgIpc) is 3.04. The molecule has 10 heteroatoms. The standard InChI is InChI=1S/C34H43F3N5O2/c1-40-15-17-41(18-16-40)26-9-10-30-28(22-26)31(33(43)44-2)29(32(39-30)24-7-6-8-25(21-24)34(35,36)37)23-42(19-4-3-5-20-42)27-11-13-38-14-12-27/h6-10,21-22,27,38H,3-5,11-20,23H2,1-2H3/q+1. The number of pyridine rings is 1. The highest BCUT2D eigenvalue weighted by atomic mass is 19.4. The molecule has 1 N–H and O–H groups in total. The van der Waals surface area contributed by atoms with Crippen molar-refractivity contribution in [1.82, 2.24) is 15.2 Å². The van der Waals surface area contributed by atoms with E-state index in [0.29, 0.717) is 45.9 Å². The number of likely N-dealkylation sites (tertiary alicyclic amines) is 1. The molecule has 4 heterocycles. The maximum atomic E-state index is 13.9. The smallest absolute Gasteiger partial charge is 0.416 e. The van der Waals surface area contributed by atoms with Gasteiger partial charge < -0.3 is 24.3 Å². The number of nitrogens with one attached hydrogen (secondary N) is 1. The number of methoxy groups -OCH3 is 1. The van der Waals surface area contributed by atoms with Gasteiger partial charge in [0.15, 0.2) is 0 Å². The Hall–Kier alpha value is -3.21. The summed E-state index contributed by atoms with van der Waals surface area (Å²) in [5.74, 6) is -0.475. The normalized spacial score (nSPS) is 20.2. The Balaban J connectivity index is 1.58. The Bertz CT molecular complexity index is 1490. The number of hydrogen-bond acceptors (Lipinski definition) is 6. The molecule has 236 valence electrons. The van der Waals surface area contributed by atoms with Crippen LogP contribution < -0.4 is 10.2 Å². The van der Waals surface area contributed by atoms with E-state index in [9.17, 15) is 18.0 Å². The number of nitrogens with zero attached hydrogens (tertiary/aromatic N) is 4. The van der Waals surface area contributed by atoms with E-state index in [2.05, 4.69) is 22.2 Å². The lowest BCUT2D eigenvalue weighted by Gasteiger charge is -2.49. The van der Waals surface area contributed by atoms with Crippen molar-refractivity contribution < 1.29 is 27.2 Å². The molecule has 3 saturated heterocycles. The van der Waals surface area contributed by atoms with Gasteiger partial charge in [0.05, 0.1) is 48.6 Å². The summed E-state index contributed by atoms with van der Waals surface area (Å²) in [6, 6.07) is 11.7. The minimum absolute atomic E-state index is 0.366. The van der Waals surface area contributed by atoms with Crippen LogP contribution in [0.1, 0.15) is 53.6 Å². The molecule has 0 atom stereocenters. The van der Waals surface area contributed by atoms with Gasteiger partial charge in [0.25, 0.3) is 0 Å². The van der Waals surface area contributed by atoms with Crippen LogP contribution in [0.15, 0.2) is 42.5 Å². The number of benzene rings is 2. The highest BCUT2D eigenvalue weighted by Gasteiger charge is 2.41. The molecule has 0 saturated carbocycles. The quantitative estimate of drug-likeness (QED) is 0.285. The molecular weight excluding hydrogens is 567 g/mol. The summed E-state index contributed by atoms with van der Waals surface area (Å²) >= 11 is 0. The summed E-state index contributed by atoms with van der Waals surface area (Å²) in [6.07, 6.45) is 0.906. The number of alkyl halides is 3. The van der Waals surface area contributed by atoms with E-state index in [0.717, 1.165) is 94.3 Å². The number of hydrogen-bond donors (Lipinski definition) is 1. The first-order valence-corrected chi connectivity index (χ1v) is 15.9. The van der Waals surface area contributed by atoms with Crippen molar-refractivity contribution in [3.8, 4) is 11.3 Å². The lowest BCUT2D eigenvalue weighted by Crippen LogP contribution is -2.60. The average molecular weight is 611 g/mol. The molecule has 0 unspecified atom stereocenters. The van der Waals surface area contributed by atoms with Crippen molar-refractivity contribution in [2.24, 2.45) is 0 Å². The fraction of sp³-hybridized carbons (Fsp3) is 0.529. The summed E-state index contributed by atoms with van der Waals surface area (Å²) in [7, 11) is 3.49. The summed E-state index contributed by atoms with van der Waals surface area (Å²) < 4.78 is 48.0. The summed E-state index contributed by atoms with van der Waals surface area (Å²) in [6.45, 7) is 7.99. The third-order valence-corrected chi connectivity index (χ3v) is 10.1. The van der Waals surface area contributed by atoms with E-state index in [1.165, 1.54) is 25.7 Å². The van der Waals surface area contributed by atoms with Gasteiger partial charge in [-0.2, -0.15) is 13.2 Å². The number of fused-ring (bicyclic) bond motifs is 1. The van der Waals surface area contributed by atoms with Gasteiger partial charge in [0.1, 0.15) is 6.54 Å². The van der Waals surface area contributed by atoms with Crippen LogP contribution in [0.2, 0.25) is 0 Å². The molecule has 3 aliphatic heterocycles. The highest BCUT2D eigenvalue weighted by Crippen LogP contribution is 2.40. The fourth-order valence-corrected chi connectivity index (χ4v) is 7.59. The van der Waals surface area contributed by atoms with E-state index in [4.69, 9.17) is 9.72 Å². The summed E-state index contributed by atoms with van der Waals surface area (Å²) in [5, 5.41) is 4.18. The van der Waals surface area contributed by atoms with Crippen molar-refractivity contribution >= 4 is 22.6 Å². The van der Waals surface area contributed by atoms with E-state index >= 15 is 0 Å². The van der Waals surface area contributed by atoms with Gasteiger partial charge in [-0.1, -0.05) is 12.1 Å². The Morgan fingerprint density at radius 3 is 2.43 bits per heavy atom. The molecule has 3 aliphatic rings. The van der Waals surface area contributed by atoms with Gasteiger partial charge in [-0.25, -0.2) is 9.78 Å². The molecule has 3 fully saturated rings. The van der Waals surface area contributed by atoms with Gasteiger partial charge in [0.2, 0.25) is 0 Å². The Kier molecular flexibility index (Phi) is 8.86. The number of aromatic nitrogens is 1. The number of carbonyl (C=O) groups excluding carboxylic acids is 1. The molecule has 0 bridgehead atoms. The number of esters is 1. The summed E-state index contributed by atoms with van der Waals surface area (Å²) in [4.78, 5) is 23.5. The van der Waals surface area contributed by atoms with Crippen LogP contribution in [0.25, 0.3) is 22.2 Å². The van der Waals surface area contributed by atoms with Crippen LogP contribution >= 0.6 is 0 Å². The van der Waals surface area contributed by atoms with Crippen LogP contribution in [-0.2, 0) is 17.5 Å². The van der Waals surface area contributed by atoms with Crippen LogP contribution in [0.4, 0.5) is 18.9 Å². The van der Waals surface area contributed by atoms with Gasteiger partial charge in [-0.15, -0.1) is 0 Å². The third kappa shape index (κ3) is 6.17. The number of ether oxygens (including phenoxy) is 1.